The second kappa shape index (κ2) is 4.35. The third-order valence-corrected chi connectivity index (χ3v) is 2.82. The fraction of sp³-hybridized carbons (Fsp3) is 0.286. The largest absolute Gasteiger partial charge is 0.388 e. The number of hydrogen-bond donors (Lipinski definition) is 1. The molecule has 1 aromatic carbocycles. The molecule has 0 amide bonds. The summed E-state index contributed by atoms with van der Waals surface area (Å²) in [5.74, 6) is 0.676. The molecular weight excluding hydrogens is 182 g/mol. The van der Waals surface area contributed by atoms with Crippen molar-refractivity contribution >= 4 is 11.3 Å². The number of anilines is 1. The van der Waals surface area contributed by atoms with Crippen LogP contribution in [-0.4, -0.2) is 7.05 Å². The zero-order valence-corrected chi connectivity index (χ0v) is 9.33. The average Bonchev–Trinajstić information content (AvgIpc) is 2.30. The van der Waals surface area contributed by atoms with E-state index in [0.29, 0.717) is 5.92 Å². The summed E-state index contributed by atoms with van der Waals surface area (Å²) in [6, 6.07) is 8.42. The van der Waals surface area contributed by atoms with E-state index in [4.69, 9.17) is 0 Å². The highest BCUT2D eigenvalue weighted by Gasteiger charge is 2.07. The van der Waals surface area contributed by atoms with Gasteiger partial charge in [0.05, 0.1) is 0 Å². The molecule has 1 N–H and O–H groups in total. The van der Waals surface area contributed by atoms with Gasteiger partial charge in [0.2, 0.25) is 0 Å². The Kier molecular flexibility index (Phi) is 2.91. The van der Waals surface area contributed by atoms with Crippen LogP contribution in [0.1, 0.15) is 18.9 Å². The van der Waals surface area contributed by atoms with E-state index in [9.17, 15) is 0 Å². The van der Waals surface area contributed by atoms with Crippen LogP contribution >= 0.6 is 0 Å². The van der Waals surface area contributed by atoms with Gasteiger partial charge >= 0.3 is 0 Å². The van der Waals surface area contributed by atoms with Gasteiger partial charge in [-0.25, -0.2) is 0 Å². The van der Waals surface area contributed by atoms with E-state index >= 15 is 0 Å². The predicted octanol–water partition coefficient (Wildman–Crippen LogP) is 3.71. The van der Waals surface area contributed by atoms with Gasteiger partial charge in [-0.1, -0.05) is 43.4 Å². The number of hydrogen-bond acceptors (Lipinski definition) is 1. The van der Waals surface area contributed by atoms with E-state index in [0.717, 1.165) is 6.42 Å². The summed E-state index contributed by atoms with van der Waals surface area (Å²) in [4.78, 5) is 0. The van der Waals surface area contributed by atoms with Crippen molar-refractivity contribution in [3.63, 3.8) is 0 Å². The monoisotopic (exact) mass is 199 g/mol. The Morgan fingerprint density at radius 1 is 1.27 bits per heavy atom. The molecule has 1 unspecified atom stereocenters. The molecule has 0 radical (unpaired) electrons. The molecule has 15 heavy (non-hydrogen) atoms. The Morgan fingerprint density at radius 2 is 2.07 bits per heavy atom. The van der Waals surface area contributed by atoms with Gasteiger partial charge < -0.3 is 5.32 Å². The van der Waals surface area contributed by atoms with Gasteiger partial charge in [-0.05, 0) is 24.0 Å². The lowest BCUT2D eigenvalue weighted by atomic mass is 9.93. The standard InChI is InChI=1S/C14H17N/c1-11-7-9-12(10-8-11)13-5-3-4-6-14(13)15-2/h3-7,9-11,15H,8H2,1-2H3. The highest BCUT2D eigenvalue weighted by Crippen LogP contribution is 2.28. The van der Waals surface area contributed by atoms with Crippen LogP contribution in [-0.2, 0) is 0 Å². The van der Waals surface area contributed by atoms with Crippen molar-refractivity contribution in [1.29, 1.82) is 0 Å². The number of allylic oxidation sites excluding steroid dienone is 4. The van der Waals surface area contributed by atoms with Crippen LogP contribution in [0.2, 0.25) is 0 Å². The number of benzene rings is 1. The van der Waals surface area contributed by atoms with Crippen LogP contribution in [0.4, 0.5) is 5.69 Å². The molecule has 0 aromatic heterocycles. The minimum atomic E-state index is 0.676. The SMILES string of the molecule is CNc1ccccc1C1=CCC(C)C=C1. The third kappa shape index (κ3) is 2.12. The predicted molar refractivity (Wildman–Crippen MR) is 66.9 cm³/mol. The van der Waals surface area contributed by atoms with E-state index in [1.54, 1.807) is 0 Å². The Bertz CT molecular complexity index is 402. The highest BCUT2D eigenvalue weighted by atomic mass is 14.8. The van der Waals surface area contributed by atoms with Crippen LogP contribution in [0.3, 0.4) is 0 Å². The van der Waals surface area contributed by atoms with Crippen LogP contribution in [0, 0.1) is 5.92 Å². The molecule has 0 aliphatic heterocycles. The lowest BCUT2D eigenvalue weighted by molar-refractivity contribution is 0.739. The van der Waals surface area contributed by atoms with Gasteiger partial charge in [-0.15, -0.1) is 0 Å². The number of rotatable bonds is 2. The second-order valence-electron chi connectivity index (χ2n) is 4.03. The molecule has 78 valence electrons. The maximum atomic E-state index is 3.23. The summed E-state index contributed by atoms with van der Waals surface area (Å²) >= 11 is 0. The van der Waals surface area contributed by atoms with Gasteiger partial charge in [-0.3, -0.25) is 0 Å². The summed E-state index contributed by atoms with van der Waals surface area (Å²) in [7, 11) is 1.97. The summed E-state index contributed by atoms with van der Waals surface area (Å²) in [5.41, 5.74) is 3.82. The maximum Gasteiger partial charge on any atom is 0.0417 e. The van der Waals surface area contributed by atoms with Crippen molar-refractivity contribution in [2.75, 3.05) is 12.4 Å². The first-order valence-corrected chi connectivity index (χ1v) is 5.47. The van der Waals surface area contributed by atoms with Crippen molar-refractivity contribution < 1.29 is 0 Å². The second-order valence-corrected chi connectivity index (χ2v) is 4.03. The molecule has 0 bridgehead atoms. The molecule has 0 heterocycles. The molecule has 1 aromatic rings. The normalized spacial score (nSPS) is 19.9. The first kappa shape index (κ1) is 10.0. The van der Waals surface area contributed by atoms with Crippen LogP contribution in [0.5, 0.6) is 0 Å². The van der Waals surface area contributed by atoms with Crippen LogP contribution < -0.4 is 5.32 Å². The number of para-hydroxylation sites is 1. The summed E-state index contributed by atoms with van der Waals surface area (Å²) < 4.78 is 0. The zero-order chi connectivity index (χ0) is 10.7. The summed E-state index contributed by atoms with van der Waals surface area (Å²) in [5, 5.41) is 3.23. The molecule has 0 saturated heterocycles. The van der Waals surface area contributed by atoms with E-state index in [2.05, 4.69) is 54.7 Å². The fourth-order valence-corrected chi connectivity index (χ4v) is 1.88. The minimum absolute atomic E-state index is 0.676. The van der Waals surface area contributed by atoms with E-state index in [-0.39, 0.29) is 0 Å². The molecule has 1 heteroatoms. The van der Waals surface area contributed by atoms with Gasteiger partial charge in [0, 0.05) is 18.3 Å². The average molecular weight is 199 g/mol. The zero-order valence-electron chi connectivity index (χ0n) is 9.33. The van der Waals surface area contributed by atoms with Crippen LogP contribution in [0.15, 0.2) is 42.5 Å². The van der Waals surface area contributed by atoms with Crippen molar-refractivity contribution in [1.82, 2.24) is 0 Å². The molecular formula is C14H17N. The van der Waals surface area contributed by atoms with Crippen molar-refractivity contribution in [2.24, 2.45) is 5.92 Å². The molecule has 1 aliphatic carbocycles. The van der Waals surface area contributed by atoms with Crippen LogP contribution in [0.25, 0.3) is 5.57 Å². The molecule has 1 aliphatic rings. The van der Waals surface area contributed by atoms with Gasteiger partial charge in [0.1, 0.15) is 0 Å². The first-order chi connectivity index (χ1) is 7.31. The Balaban J connectivity index is 2.34. The molecule has 1 nitrogen and oxygen atoms in total. The lowest BCUT2D eigenvalue weighted by Gasteiger charge is -2.14. The van der Waals surface area contributed by atoms with Gasteiger partial charge in [-0.2, -0.15) is 0 Å². The van der Waals surface area contributed by atoms with E-state index in [1.807, 2.05) is 7.05 Å². The molecule has 0 saturated carbocycles. The van der Waals surface area contributed by atoms with Gasteiger partial charge in [0.25, 0.3) is 0 Å². The number of nitrogens with one attached hydrogen (secondary N) is 1. The molecule has 1 atom stereocenters. The Labute approximate surface area is 91.5 Å². The van der Waals surface area contributed by atoms with Gasteiger partial charge in [0.15, 0.2) is 0 Å². The van der Waals surface area contributed by atoms with E-state index < -0.39 is 0 Å². The quantitative estimate of drug-likeness (QED) is 0.765. The highest BCUT2D eigenvalue weighted by molar-refractivity contribution is 5.82. The summed E-state index contributed by atoms with van der Waals surface area (Å²) in [6.45, 7) is 2.24. The van der Waals surface area contributed by atoms with Crippen molar-refractivity contribution in [3.05, 3.63) is 48.1 Å². The lowest BCUT2D eigenvalue weighted by Crippen LogP contribution is -1.97. The Morgan fingerprint density at radius 3 is 2.73 bits per heavy atom. The topological polar surface area (TPSA) is 12.0 Å². The van der Waals surface area contributed by atoms with E-state index in [1.165, 1.54) is 16.8 Å². The molecule has 2 rings (SSSR count). The first-order valence-electron chi connectivity index (χ1n) is 5.47. The Hall–Kier alpha value is -1.50. The van der Waals surface area contributed by atoms with Crippen molar-refractivity contribution in [2.45, 2.75) is 13.3 Å². The molecule has 0 fully saturated rings. The third-order valence-electron chi connectivity index (χ3n) is 2.82. The maximum absolute atomic E-state index is 3.23. The fourth-order valence-electron chi connectivity index (χ4n) is 1.88. The van der Waals surface area contributed by atoms with Crippen molar-refractivity contribution in [3.8, 4) is 0 Å². The summed E-state index contributed by atoms with van der Waals surface area (Å²) in [6.07, 6.45) is 7.97. The molecule has 0 spiro atoms. The minimum Gasteiger partial charge on any atom is -0.388 e. The smallest absolute Gasteiger partial charge is 0.0417 e.